The first-order valence-electron chi connectivity index (χ1n) is 9.24. The minimum atomic E-state index is -0.904. The van der Waals surface area contributed by atoms with Crippen molar-refractivity contribution in [3.05, 3.63) is 0 Å². The van der Waals surface area contributed by atoms with Crippen molar-refractivity contribution in [3.63, 3.8) is 0 Å². The average Bonchev–Trinajstić information content (AvgIpc) is 2.42. The third-order valence-corrected chi connectivity index (χ3v) is 10.5. The summed E-state index contributed by atoms with van der Waals surface area (Å²) in [7, 11) is -0.904. The fraction of sp³-hybridized carbons (Fsp3) is 1.00. The third-order valence-electron chi connectivity index (χ3n) is 4.71. The fourth-order valence-corrected chi connectivity index (χ4v) is 9.17. The van der Waals surface area contributed by atoms with Crippen LogP contribution in [0.4, 0.5) is 0 Å². The van der Waals surface area contributed by atoms with Gasteiger partial charge in [-0.05, 0) is 0 Å². The van der Waals surface area contributed by atoms with Gasteiger partial charge in [0.2, 0.25) is 0 Å². The molecule has 0 aromatic carbocycles. The van der Waals surface area contributed by atoms with Gasteiger partial charge in [0, 0.05) is 0 Å². The molecule has 0 aromatic heterocycles. The number of unbranched alkanes of at least 4 members (excludes halogenated alkanes) is 6. The van der Waals surface area contributed by atoms with Crippen LogP contribution in [0, 0.1) is 0 Å². The summed E-state index contributed by atoms with van der Waals surface area (Å²) in [5.41, 5.74) is 0. The third kappa shape index (κ3) is 9.89. The molecular formula is C18H41P. The molecule has 0 nitrogen and oxygen atoms in total. The minimum absolute atomic E-state index is 0.904. The van der Waals surface area contributed by atoms with E-state index in [0.29, 0.717) is 0 Å². The van der Waals surface area contributed by atoms with E-state index in [0.717, 1.165) is 0 Å². The van der Waals surface area contributed by atoms with Gasteiger partial charge in [0.15, 0.2) is 0 Å². The number of rotatable bonds is 14. The van der Waals surface area contributed by atoms with Crippen LogP contribution in [0.5, 0.6) is 0 Å². The summed E-state index contributed by atoms with van der Waals surface area (Å²) in [6.07, 6.45) is 21.1. The van der Waals surface area contributed by atoms with Crippen LogP contribution < -0.4 is 0 Å². The Kier molecular flexibility index (Phi) is 13.7. The van der Waals surface area contributed by atoms with Crippen LogP contribution in [0.15, 0.2) is 0 Å². The van der Waals surface area contributed by atoms with E-state index in [-0.39, 0.29) is 0 Å². The quantitative estimate of drug-likeness (QED) is 0.246. The van der Waals surface area contributed by atoms with E-state index >= 15 is 0 Å². The monoisotopic (exact) mass is 288 g/mol. The van der Waals surface area contributed by atoms with Crippen LogP contribution in [0.2, 0.25) is 0 Å². The molecule has 0 radical (unpaired) electrons. The van der Waals surface area contributed by atoms with Crippen LogP contribution in [0.25, 0.3) is 0 Å². The maximum atomic E-state index is 2.42. The zero-order chi connectivity index (χ0) is 14.4. The Morgan fingerprint density at radius 2 is 0.895 bits per heavy atom. The van der Waals surface area contributed by atoms with Gasteiger partial charge in [-0.25, -0.2) is 0 Å². The Balaban J connectivity index is 4.32. The second-order valence-electron chi connectivity index (χ2n) is 6.62. The van der Waals surface area contributed by atoms with Gasteiger partial charge in [0.1, 0.15) is 0 Å². The molecule has 0 atom stereocenters. The standard InChI is InChI=1S/C18H41P/c1-5-9-12-14-18-19(15-8-4,16-11-7-3)17-13-10-6-2/h19H,5-18H2,1-4H3. The molecule has 0 aromatic rings. The molecule has 19 heavy (non-hydrogen) atoms. The van der Waals surface area contributed by atoms with Crippen LogP contribution in [-0.4, -0.2) is 24.6 Å². The van der Waals surface area contributed by atoms with Crippen LogP contribution in [0.3, 0.4) is 0 Å². The Morgan fingerprint density at radius 3 is 1.42 bits per heavy atom. The normalized spacial score (nSPS) is 12.8. The van der Waals surface area contributed by atoms with E-state index in [1.54, 1.807) is 24.6 Å². The van der Waals surface area contributed by atoms with Crippen molar-refractivity contribution in [2.24, 2.45) is 0 Å². The van der Waals surface area contributed by atoms with Crippen molar-refractivity contribution < 1.29 is 0 Å². The number of hydrogen-bond acceptors (Lipinski definition) is 0. The van der Waals surface area contributed by atoms with Crippen LogP contribution in [-0.2, 0) is 0 Å². The molecule has 0 saturated heterocycles. The van der Waals surface area contributed by atoms with Gasteiger partial charge in [-0.2, -0.15) is 0 Å². The Morgan fingerprint density at radius 1 is 0.421 bits per heavy atom. The van der Waals surface area contributed by atoms with E-state index in [1.807, 2.05) is 0 Å². The van der Waals surface area contributed by atoms with Crippen LogP contribution in [0.1, 0.15) is 91.9 Å². The molecule has 1 heteroatoms. The molecule has 118 valence electrons. The summed E-state index contributed by atoms with van der Waals surface area (Å²) in [5.74, 6) is 0. The topological polar surface area (TPSA) is 0 Å². The predicted molar refractivity (Wildman–Crippen MR) is 96.6 cm³/mol. The molecular weight excluding hydrogens is 247 g/mol. The fourth-order valence-electron chi connectivity index (χ4n) is 3.51. The van der Waals surface area contributed by atoms with Crippen molar-refractivity contribution >= 4 is 7.26 Å². The Bertz CT molecular complexity index is 179. The zero-order valence-electron chi connectivity index (χ0n) is 14.4. The number of hydrogen-bond donors (Lipinski definition) is 0. The maximum absolute atomic E-state index is 2.42. The molecule has 0 bridgehead atoms. The summed E-state index contributed by atoms with van der Waals surface area (Å²) in [5, 5.41) is 0. The summed E-state index contributed by atoms with van der Waals surface area (Å²) < 4.78 is 0. The first kappa shape index (κ1) is 19.4. The van der Waals surface area contributed by atoms with Gasteiger partial charge in [-0.1, -0.05) is 0 Å². The van der Waals surface area contributed by atoms with Crippen molar-refractivity contribution in [3.8, 4) is 0 Å². The summed E-state index contributed by atoms with van der Waals surface area (Å²) in [4.78, 5) is 0. The SMILES string of the molecule is CCCCCC[PH](CCC)(CCCC)CCCCC. The van der Waals surface area contributed by atoms with Crippen molar-refractivity contribution in [2.75, 3.05) is 24.6 Å². The molecule has 0 spiro atoms. The summed E-state index contributed by atoms with van der Waals surface area (Å²) in [6, 6.07) is 0. The molecule has 0 aliphatic heterocycles. The van der Waals surface area contributed by atoms with Gasteiger partial charge >= 0.3 is 124 Å². The van der Waals surface area contributed by atoms with Gasteiger partial charge in [0.05, 0.1) is 0 Å². The second-order valence-corrected chi connectivity index (χ2v) is 11.6. The molecule has 0 saturated carbocycles. The summed E-state index contributed by atoms with van der Waals surface area (Å²) >= 11 is 0. The predicted octanol–water partition coefficient (Wildman–Crippen LogP) is 6.72. The first-order chi connectivity index (χ1) is 9.24. The average molecular weight is 288 g/mol. The van der Waals surface area contributed by atoms with Crippen molar-refractivity contribution in [1.82, 2.24) is 0 Å². The first-order valence-corrected chi connectivity index (χ1v) is 12.1. The van der Waals surface area contributed by atoms with E-state index in [4.69, 9.17) is 0 Å². The Hall–Kier alpha value is 0.430. The Labute approximate surface area is 124 Å². The van der Waals surface area contributed by atoms with Gasteiger partial charge in [-0.3, -0.25) is 0 Å². The molecule has 0 fully saturated rings. The second kappa shape index (κ2) is 13.4. The van der Waals surface area contributed by atoms with E-state index in [1.165, 1.54) is 64.2 Å². The van der Waals surface area contributed by atoms with Gasteiger partial charge in [-0.15, -0.1) is 0 Å². The van der Waals surface area contributed by atoms with Gasteiger partial charge in [0.25, 0.3) is 0 Å². The van der Waals surface area contributed by atoms with E-state index in [9.17, 15) is 0 Å². The molecule has 0 unspecified atom stereocenters. The summed E-state index contributed by atoms with van der Waals surface area (Å²) in [6.45, 7) is 9.46. The molecule has 0 aliphatic carbocycles. The van der Waals surface area contributed by atoms with E-state index in [2.05, 4.69) is 27.7 Å². The molecule has 0 rings (SSSR count). The molecule has 0 amide bonds. The van der Waals surface area contributed by atoms with Crippen molar-refractivity contribution in [2.45, 2.75) is 91.9 Å². The molecule has 0 N–H and O–H groups in total. The molecule has 0 aliphatic rings. The zero-order valence-corrected chi connectivity index (χ0v) is 15.4. The molecule has 0 heterocycles. The van der Waals surface area contributed by atoms with Crippen LogP contribution >= 0.6 is 7.26 Å². The van der Waals surface area contributed by atoms with Gasteiger partial charge < -0.3 is 0 Å². The van der Waals surface area contributed by atoms with E-state index < -0.39 is 7.26 Å². The van der Waals surface area contributed by atoms with Crippen molar-refractivity contribution in [1.29, 1.82) is 0 Å².